The van der Waals surface area contributed by atoms with Gasteiger partial charge in [-0.15, -0.1) is 0 Å². The van der Waals surface area contributed by atoms with Gasteiger partial charge in [0.1, 0.15) is 0 Å². The van der Waals surface area contributed by atoms with Crippen LogP contribution in [-0.4, -0.2) is 23.4 Å². The van der Waals surface area contributed by atoms with Crippen LogP contribution in [0, 0.1) is 5.41 Å². The molecule has 0 bridgehead atoms. The van der Waals surface area contributed by atoms with E-state index in [0.717, 1.165) is 13.0 Å². The highest BCUT2D eigenvalue weighted by Crippen LogP contribution is 2.30. The topological polar surface area (TPSA) is 29.9 Å². The van der Waals surface area contributed by atoms with Crippen molar-refractivity contribution in [1.82, 2.24) is 15.1 Å². The SMILES string of the molecule is CCCC(C)(CNC)Cc1ccn(C2CCCC2)n1. The Bertz CT molecular complexity index is 371. The number of nitrogens with zero attached hydrogens (tertiary/aromatic N) is 2. The minimum atomic E-state index is 0.332. The molecular formula is C16H29N3. The quantitative estimate of drug-likeness (QED) is 0.815. The third-order valence-corrected chi connectivity index (χ3v) is 4.43. The predicted molar refractivity (Wildman–Crippen MR) is 80.4 cm³/mol. The van der Waals surface area contributed by atoms with Crippen LogP contribution < -0.4 is 5.32 Å². The minimum Gasteiger partial charge on any atom is -0.319 e. The first-order valence-corrected chi connectivity index (χ1v) is 7.85. The standard InChI is InChI=1S/C16H29N3/c1-4-10-16(2,13-17-3)12-14-9-11-19(18-14)15-7-5-6-8-15/h9,11,15,17H,4-8,10,12-13H2,1-3H3. The molecule has 0 aromatic carbocycles. The molecule has 1 N–H and O–H groups in total. The molecule has 3 nitrogen and oxygen atoms in total. The molecule has 1 heterocycles. The van der Waals surface area contributed by atoms with E-state index in [-0.39, 0.29) is 0 Å². The summed E-state index contributed by atoms with van der Waals surface area (Å²) in [5, 5.41) is 8.17. The maximum Gasteiger partial charge on any atom is 0.0630 e. The summed E-state index contributed by atoms with van der Waals surface area (Å²) < 4.78 is 2.22. The van der Waals surface area contributed by atoms with Crippen molar-refractivity contribution in [3.63, 3.8) is 0 Å². The first-order valence-electron chi connectivity index (χ1n) is 7.85. The molecule has 0 spiro atoms. The molecule has 1 aliphatic rings. The Morgan fingerprint density at radius 1 is 1.42 bits per heavy atom. The van der Waals surface area contributed by atoms with Crippen LogP contribution in [0.3, 0.4) is 0 Å². The summed E-state index contributed by atoms with van der Waals surface area (Å²) in [5.41, 5.74) is 1.59. The summed E-state index contributed by atoms with van der Waals surface area (Å²) in [6.45, 7) is 5.71. The fraction of sp³-hybridized carbons (Fsp3) is 0.812. The van der Waals surface area contributed by atoms with Crippen molar-refractivity contribution in [2.45, 2.75) is 64.8 Å². The van der Waals surface area contributed by atoms with Gasteiger partial charge in [0.15, 0.2) is 0 Å². The molecule has 1 fully saturated rings. The fourth-order valence-electron chi connectivity index (χ4n) is 3.55. The van der Waals surface area contributed by atoms with E-state index in [1.165, 1.54) is 44.2 Å². The second kappa shape index (κ2) is 6.56. The molecule has 3 heteroatoms. The van der Waals surface area contributed by atoms with Crippen molar-refractivity contribution in [3.8, 4) is 0 Å². The van der Waals surface area contributed by atoms with Gasteiger partial charge >= 0.3 is 0 Å². The summed E-state index contributed by atoms with van der Waals surface area (Å²) in [6.07, 6.45) is 11.1. The highest BCUT2D eigenvalue weighted by Gasteiger charge is 2.25. The number of hydrogen-bond acceptors (Lipinski definition) is 2. The molecule has 1 aromatic heterocycles. The molecule has 0 radical (unpaired) electrons. The Balaban J connectivity index is 2.00. The summed E-state index contributed by atoms with van der Waals surface area (Å²) in [7, 11) is 2.05. The van der Waals surface area contributed by atoms with Crippen LogP contribution in [0.2, 0.25) is 0 Å². The van der Waals surface area contributed by atoms with E-state index in [0.29, 0.717) is 11.5 Å². The van der Waals surface area contributed by atoms with E-state index in [1.807, 2.05) is 7.05 Å². The van der Waals surface area contributed by atoms with Gasteiger partial charge in [-0.1, -0.05) is 33.1 Å². The highest BCUT2D eigenvalue weighted by atomic mass is 15.3. The first-order chi connectivity index (χ1) is 9.17. The van der Waals surface area contributed by atoms with Gasteiger partial charge in [0, 0.05) is 12.7 Å². The van der Waals surface area contributed by atoms with E-state index in [9.17, 15) is 0 Å². The van der Waals surface area contributed by atoms with Crippen LogP contribution >= 0.6 is 0 Å². The molecule has 1 aromatic rings. The Morgan fingerprint density at radius 2 is 2.16 bits per heavy atom. The van der Waals surface area contributed by atoms with Crippen LogP contribution in [-0.2, 0) is 6.42 Å². The van der Waals surface area contributed by atoms with Crippen molar-refractivity contribution >= 4 is 0 Å². The Labute approximate surface area is 117 Å². The van der Waals surface area contributed by atoms with Gasteiger partial charge in [-0.25, -0.2) is 0 Å². The molecule has 0 aliphatic heterocycles. The maximum absolute atomic E-state index is 4.83. The average Bonchev–Trinajstić information content (AvgIpc) is 2.98. The van der Waals surface area contributed by atoms with Gasteiger partial charge in [-0.05, 0) is 44.2 Å². The van der Waals surface area contributed by atoms with E-state index in [1.54, 1.807) is 0 Å². The van der Waals surface area contributed by atoms with Crippen LogP contribution in [0.25, 0.3) is 0 Å². The van der Waals surface area contributed by atoms with Gasteiger partial charge in [-0.3, -0.25) is 4.68 Å². The van der Waals surface area contributed by atoms with E-state index >= 15 is 0 Å². The van der Waals surface area contributed by atoms with Gasteiger partial charge in [0.25, 0.3) is 0 Å². The average molecular weight is 263 g/mol. The first kappa shape index (κ1) is 14.6. The lowest BCUT2D eigenvalue weighted by molar-refractivity contribution is 0.278. The highest BCUT2D eigenvalue weighted by molar-refractivity contribution is 5.04. The lowest BCUT2D eigenvalue weighted by atomic mass is 9.81. The molecule has 1 atom stereocenters. The summed E-state index contributed by atoms with van der Waals surface area (Å²) in [4.78, 5) is 0. The second-order valence-corrected chi connectivity index (χ2v) is 6.49. The van der Waals surface area contributed by atoms with E-state index in [2.05, 4.69) is 36.1 Å². The Kier molecular flexibility index (Phi) is 5.03. The summed E-state index contributed by atoms with van der Waals surface area (Å²) >= 11 is 0. The van der Waals surface area contributed by atoms with Gasteiger partial charge < -0.3 is 5.32 Å². The lowest BCUT2D eigenvalue weighted by Gasteiger charge is -2.28. The van der Waals surface area contributed by atoms with Crippen molar-refractivity contribution in [3.05, 3.63) is 18.0 Å². The summed E-state index contributed by atoms with van der Waals surface area (Å²) in [5.74, 6) is 0. The fourth-order valence-corrected chi connectivity index (χ4v) is 3.55. The van der Waals surface area contributed by atoms with Crippen molar-refractivity contribution in [2.24, 2.45) is 5.41 Å². The number of aromatic nitrogens is 2. The van der Waals surface area contributed by atoms with Crippen LogP contribution in [0.5, 0.6) is 0 Å². The maximum atomic E-state index is 4.83. The normalized spacial score (nSPS) is 19.7. The lowest BCUT2D eigenvalue weighted by Crippen LogP contribution is -2.32. The smallest absolute Gasteiger partial charge is 0.0630 e. The second-order valence-electron chi connectivity index (χ2n) is 6.49. The van der Waals surface area contributed by atoms with Gasteiger partial charge in [0.05, 0.1) is 11.7 Å². The molecule has 0 amide bonds. The van der Waals surface area contributed by atoms with Gasteiger partial charge in [-0.2, -0.15) is 5.10 Å². The molecule has 19 heavy (non-hydrogen) atoms. The van der Waals surface area contributed by atoms with E-state index < -0.39 is 0 Å². The summed E-state index contributed by atoms with van der Waals surface area (Å²) in [6, 6.07) is 2.89. The molecule has 1 aliphatic carbocycles. The third kappa shape index (κ3) is 3.82. The monoisotopic (exact) mass is 263 g/mol. The predicted octanol–water partition coefficient (Wildman–Crippen LogP) is 3.57. The molecule has 1 unspecified atom stereocenters. The van der Waals surface area contributed by atoms with Crippen LogP contribution in [0.15, 0.2) is 12.3 Å². The zero-order chi connectivity index (χ0) is 13.7. The Morgan fingerprint density at radius 3 is 2.79 bits per heavy atom. The van der Waals surface area contributed by atoms with Gasteiger partial charge in [0.2, 0.25) is 0 Å². The van der Waals surface area contributed by atoms with Crippen molar-refractivity contribution in [1.29, 1.82) is 0 Å². The molecule has 108 valence electrons. The van der Waals surface area contributed by atoms with Crippen molar-refractivity contribution in [2.75, 3.05) is 13.6 Å². The van der Waals surface area contributed by atoms with Crippen molar-refractivity contribution < 1.29 is 0 Å². The number of hydrogen-bond donors (Lipinski definition) is 1. The molecule has 1 saturated carbocycles. The minimum absolute atomic E-state index is 0.332. The largest absolute Gasteiger partial charge is 0.319 e. The molecule has 2 rings (SSSR count). The molecule has 0 saturated heterocycles. The zero-order valence-electron chi connectivity index (χ0n) is 12.8. The number of rotatable bonds is 7. The van der Waals surface area contributed by atoms with E-state index in [4.69, 9.17) is 5.10 Å². The van der Waals surface area contributed by atoms with Crippen LogP contribution in [0.4, 0.5) is 0 Å². The Hall–Kier alpha value is -0.830. The van der Waals surface area contributed by atoms with Crippen LogP contribution in [0.1, 0.15) is 64.1 Å². The third-order valence-electron chi connectivity index (χ3n) is 4.43. The zero-order valence-corrected chi connectivity index (χ0v) is 12.8. The number of nitrogens with one attached hydrogen (secondary N) is 1. The molecular weight excluding hydrogens is 234 g/mol.